The van der Waals surface area contributed by atoms with E-state index < -0.39 is 5.60 Å². The number of aryl methyl sites for hydroxylation is 2. The van der Waals surface area contributed by atoms with Crippen molar-refractivity contribution in [3.8, 4) is 0 Å². The number of hydrogen-bond donors (Lipinski definition) is 2. The molecule has 67 heavy (non-hydrogen) atoms. The second-order valence-corrected chi connectivity index (χ2v) is 20.9. The van der Waals surface area contributed by atoms with E-state index in [9.17, 15) is 14.7 Å². The van der Waals surface area contributed by atoms with E-state index in [1.165, 1.54) is 0 Å². The summed E-state index contributed by atoms with van der Waals surface area (Å²) in [7, 11) is 0. The van der Waals surface area contributed by atoms with Crippen LogP contribution in [0.2, 0.25) is 0 Å². The first-order valence-electron chi connectivity index (χ1n) is 25.3. The van der Waals surface area contributed by atoms with Crippen molar-refractivity contribution in [3.05, 3.63) is 69.3 Å². The van der Waals surface area contributed by atoms with E-state index in [4.69, 9.17) is 24.4 Å². The summed E-state index contributed by atoms with van der Waals surface area (Å²) < 4.78 is 19.5. The van der Waals surface area contributed by atoms with Gasteiger partial charge in [-0.15, -0.1) is 0 Å². The Morgan fingerprint density at radius 3 is 1.46 bits per heavy atom. The van der Waals surface area contributed by atoms with Crippen molar-refractivity contribution < 1.29 is 28.9 Å². The van der Waals surface area contributed by atoms with E-state index in [1.807, 2.05) is 88.7 Å². The molecular weight excluding hydrogens is 843 g/mol. The zero-order chi connectivity index (χ0) is 50.0. The van der Waals surface area contributed by atoms with Crippen LogP contribution in [0, 0.1) is 39.5 Å². The van der Waals surface area contributed by atoms with Gasteiger partial charge in [-0.3, -0.25) is 4.90 Å². The second-order valence-electron chi connectivity index (χ2n) is 20.9. The van der Waals surface area contributed by atoms with Gasteiger partial charge in [0.05, 0.1) is 64.6 Å². The van der Waals surface area contributed by atoms with E-state index in [-0.39, 0.29) is 23.5 Å². The number of ether oxygens (including phenoxy) is 3. The molecule has 2 unspecified atom stereocenters. The molecule has 7 rings (SSSR count). The maximum absolute atomic E-state index is 12.7. The van der Waals surface area contributed by atoms with Crippen molar-refractivity contribution in [2.75, 3.05) is 59.1 Å². The van der Waals surface area contributed by atoms with Crippen LogP contribution in [0.3, 0.4) is 0 Å². The lowest BCUT2D eigenvalue weighted by atomic mass is 9.82. The quantitative estimate of drug-likeness (QED) is 0.0979. The van der Waals surface area contributed by atoms with Crippen molar-refractivity contribution in [2.45, 2.75) is 179 Å². The summed E-state index contributed by atoms with van der Waals surface area (Å²) in [5.41, 5.74) is 8.72. The maximum Gasteiger partial charge on any atom is 0.340 e. The van der Waals surface area contributed by atoms with Gasteiger partial charge in [-0.1, -0.05) is 20.8 Å². The molecule has 13 nitrogen and oxygen atoms in total. The number of nitrogens with one attached hydrogen (secondary N) is 1. The highest BCUT2D eigenvalue weighted by atomic mass is 16.6. The summed E-state index contributed by atoms with van der Waals surface area (Å²) in [5, 5.41) is 23.0. The average Bonchev–Trinajstić information content (AvgIpc) is 3.76. The van der Waals surface area contributed by atoms with Gasteiger partial charge < -0.3 is 29.5 Å². The third-order valence-electron chi connectivity index (χ3n) is 13.7. The largest absolute Gasteiger partial charge is 0.462 e. The van der Waals surface area contributed by atoms with Gasteiger partial charge >= 0.3 is 11.9 Å². The number of hydrogen-bond acceptors (Lipinski definition) is 11. The Balaban J connectivity index is 0.000000229. The summed E-state index contributed by atoms with van der Waals surface area (Å²) in [6.45, 7) is 42.9. The number of β-amino-alcohol motifs (C(OH)–C–C–N with tert-alkyl or cyclic N) is 1. The topological polar surface area (TPSA) is 138 Å². The molecule has 0 amide bonds. The van der Waals surface area contributed by atoms with Crippen LogP contribution in [-0.2, 0) is 14.2 Å². The molecule has 0 saturated carbocycles. The van der Waals surface area contributed by atoms with Gasteiger partial charge in [0.2, 0.25) is 0 Å². The van der Waals surface area contributed by atoms with Crippen LogP contribution < -0.4 is 5.32 Å². The zero-order valence-electron chi connectivity index (χ0n) is 44.6. The summed E-state index contributed by atoms with van der Waals surface area (Å²) in [5.74, 6) is 1.25. The lowest BCUT2D eigenvalue weighted by molar-refractivity contribution is 0.0229. The number of aliphatic hydroxyl groups is 1. The highest BCUT2D eigenvalue weighted by Crippen LogP contribution is 2.38. The molecule has 13 heteroatoms. The minimum Gasteiger partial charge on any atom is -0.462 e. The lowest BCUT2D eigenvalue weighted by Crippen LogP contribution is -2.43. The minimum atomic E-state index is -0.664. The molecule has 3 aliphatic rings. The van der Waals surface area contributed by atoms with Gasteiger partial charge in [0, 0.05) is 41.9 Å². The van der Waals surface area contributed by atoms with E-state index in [2.05, 4.69) is 77.4 Å². The fraction of sp³-hybridized carbons (Fsp3) is 0.704. The van der Waals surface area contributed by atoms with Crippen LogP contribution in [0.25, 0.3) is 11.0 Å². The van der Waals surface area contributed by atoms with Crippen molar-refractivity contribution in [3.63, 3.8) is 0 Å². The number of likely N-dealkylation sites (tertiary alicyclic amines) is 1. The normalized spacial score (nSPS) is 17.6. The summed E-state index contributed by atoms with van der Waals surface area (Å²) in [6, 6.07) is 9.24. The number of carbonyl (C=O) groups is 2. The van der Waals surface area contributed by atoms with E-state index >= 15 is 0 Å². The van der Waals surface area contributed by atoms with Crippen molar-refractivity contribution in [2.24, 2.45) is 11.8 Å². The number of carbonyl (C=O) groups excluding carboxylic acids is 2. The molecule has 0 aromatic carbocycles. The Morgan fingerprint density at radius 1 is 0.761 bits per heavy atom. The Labute approximate surface area is 403 Å². The predicted octanol–water partition coefficient (Wildman–Crippen LogP) is 9.87. The van der Waals surface area contributed by atoms with Crippen LogP contribution in [-0.4, -0.2) is 128 Å². The molecular formula is C54H89N7O6. The van der Waals surface area contributed by atoms with E-state index in [1.54, 1.807) is 0 Å². The third-order valence-corrected chi connectivity index (χ3v) is 13.7. The van der Waals surface area contributed by atoms with Crippen molar-refractivity contribution in [1.29, 1.82) is 0 Å². The Morgan fingerprint density at radius 2 is 1.15 bits per heavy atom. The van der Waals surface area contributed by atoms with Gasteiger partial charge in [-0.2, -0.15) is 10.2 Å². The number of fused-ring (bicyclic) bond motifs is 2. The number of epoxide rings is 1. The molecule has 4 aromatic rings. The molecule has 2 N–H and O–H groups in total. The smallest absolute Gasteiger partial charge is 0.340 e. The van der Waals surface area contributed by atoms with E-state index in [0.29, 0.717) is 60.7 Å². The first-order chi connectivity index (χ1) is 31.5. The SMILES string of the molecule is CC1(C)CO1.CCN(C(C)C)C(C)C.CCOC(=O)c1c(C)c(C(C)C2CCN(CC(C)(C)O)CC2)n2nc(C)ccc12.CCOC(=O)c1c(C)c(C(C)C2CCNCC2)n2nc(C)ccc12. The molecule has 3 fully saturated rings. The molecule has 3 saturated heterocycles. The number of piperidine rings is 2. The molecule has 2 atom stereocenters. The molecule has 7 heterocycles. The number of nitrogens with zero attached hydrogens (tertiary/aromatic N) is 6. The Hall–Kier alpha value is -3.88. The van der Waals surface area contributed by atoms with Crippen LogP contribution in [0.4, 0.5) is 0 Å². The fourth-order valence-electron chi connectivity index (χ4n) is 10.1. The van der Waals surface area contributed by atoms with Crippen LogP contribution in [0.15, 0.2) is 24.3 Å². The predicted molar refractivity (Wildman–Crippen MR) is 272 cm³/mol. The average molecular weight is 932 g/mol. The standard InChI is InChI=1S/C23H35N3O3.C19H27N3O2.C8H19N.C4H8O/c1-7-29-22(27)20-17(4)21(26-19(20)9-8-15(2)24-26)16(3)18-10-12-25(13-11-18)14-23(5,6)28;1-5-24-19(23)17-14(4)18(13(3)15-8-10-20-11-9-15)22-16(17)7-6-12(2)21-22;1-6-9(7(2)3)8(4)5;1-4(2)3-5-4/h8-9,16,18,28H,7,10-14H2,1-6H3;6-7,13,15,20H,5,8-11H2,1-4H3;7-8H,6H2,1-5H3;3H2,1-2H3. The van der Waals surface area contributed by atoms with Gasteiger partial charge in [0.25, 0.3) is 0 Å². The van der Waals surface area contributed by atoms with Gasteiger partial charge in [-0.05, 0) is 203 Å². The van der Waals surface area contributed by atoms with Crippen molar-refractivity contribution in [1.82, 2.24) is 34.3 Å². The molecule has 376 valence electrons. The summed E-state index contributed by atoms with van der Waals surface area (Å²) in [6.07, 6.45) is 4.47. The Kier molecular flexibility index (Phi) is 20.5. The van der Waals surface area contributed by atoms with Crippen LogP contribution in [0.5, 0.6) is 0 Å². The summed E-state index contributed by atoms with van der Waals surface area (Å²) in [4.78, 5) is 30.0. The van der Waals surface area contributed by atoms with E-state index in [0.717, 1.165) is 110 Å². The molecule has 3 aliphatic heterocycles. The Bertz CT molecular complexity index is 2190. The minimum absolute atomic E-state index is 0.248. The number of aromatic nitrogens is 4. The second kappa shape index (κ2) is 24.6. The lowest BCUT2D eigenvalue weighted by Gasteiger charge is -2.37. The highest BCUT2D eigenvalue weighted by Gasteiger charge is 2.34. The van der Waals surface area contributed by atoms with Gasteiger partial charge in [0.1, 0.15) is 0 Å². The molecule has 0 bridgehead atoms. The first-order valence-corrected chi connectivity index (χ1v) is 25.3. The van der Waals surface area contributed by atoms with Gasteiger partial charge in [-0.25, -0.2) is 18.6 Å². The monoisotopic (exact) mass is 932 g/mol. The first kappa shape index (κ1) is 55.7. The summed E-state index contributed by atoms with van der Waals surface area (Å²) >= 11 is 0. The molecule has 0 aliphatic carbocycles. The highest BCUT2D eigenvalue weighted by molar-refractivity contribution is 6.00. The fourth-order valence-corrected chi connectivity index (χ4v) is 10.1. The molecule has 0 radical (unpaired) electrons. The maximum atomic E-state index is 12.7. The zero-order valence-corrected chi connectivity index (χ0v) is 44.6. The molecule has 0 spiro atoms. The van der Waals surface area contributed by atoms with Gasteiger partial charge in [0.15, 0.2) is 0 Å². The molecule has 4 aromatic heterocycles. The number of esters is 2. The van der Waals surface area contributed by atoms with Crippen LogP contribution in [0.1, 0.15) is 182 Å². The third kappa shape index (κ3) is 15.1. The van der Waals surface area contributed by atoms with Crippen molar-refractivity contribution >= 4 is 23.0 Å². The van der Waals surface area contributed by atoms with Crippen LogP contribution >= 0.6 is 0 Å². The number of rotatable bonds is 13.